The van der Waals surface area contributed by atoms with Crippen molar-refractivity contribution >= 4 is 29.7 Å². The van der Waals surface area contributed by atoms with Crippen LogP contribution in [0.5, 0.6) is 0 Å². The van der Waals surface area contributed by atoms with E-state index in [4.69, 9.17) is 10.2 Å². The number of urea groups is 1. The van der Waals surface area contributed by atoms with E-state index in [2.05, 4.69) is 5.32 Å². The molecule has 0 heterocycles. The summed E-state index contributed by atoms with van der Waals surface area (Å²) in [6.07, 6.45) is -0.552. The highest BCUT2D eigenvalue weighted by Gasteiger charge is 2.33. The lowest BCUT2D eigenvalue weighted by Crippen LogP contribution is -2.53. The molecule has 0 spiro atoms. The van der Waals surface area contributed by atoms with E-state index in [1.54, 1.807) is 0 Å². The summed E-state index contributed by atoms with van der Waals surface area (Å²) in [5, 5.41) is 31.2. The van der Waals surface area contributed by atoms with Crippen LogP contribution in [0.25, 0.3) is 0 Å². The van der Waals surface area contributed by atoms with E-state index in [1.165, 1.54) is 27.7 Å². The minimum absolute atomic E-state index is 0.186. The fraction of sp³-hybridized carbons (Fsp3) is 0.667. The van der Waals surface area contributed by atoms with Crippen molar-refractivity contribution in [2.24, 2.45) is 11.3 Å². The van der Waals surface area contributed by atoms with Crippen LogP contribution < -0.4 is 10.6 Å². The number of carbonyl (C=O) groups excluding carboxylic acids is 2. The van der Waals surface area contributed by atoms with Gasteiger partial charge < -0.3 is 26.0 Å². The molecule has 142 valence electrons. The predicted molar refractivity (Wildman–Crippen MR) is 85.0 cm³/mol. The molecule has 0 aromatic rings. The number of hydrogen-bond acceptors (Lipinski definition) is 5. The van der Waals surface area contributed by atoms with Crippen LogP contribution in [0.15, 0.2) is 0 Å². The van der Waals surface area contributed by atoms with E-state index in [-0.39, 0.29) is 18.6 Å². The Morgan fingerprint density at radius 1 is 0.880 bits per heavy atom. The van der Waals surface area contributed by atoms with Gasteiger partial charge in [-0.1, -0.05) is 20.8 Å². The fourth-order valence-corrected chi connectivity index (χ4v) is 1.89. The Morgan fingerprint density at radius 2 is 1.32 bits per heavy atom. The molecule has 2 amide bonds. The van der Waals surface area contributed by atoms with Crippen LogP contribution in [0.2, 0.25) is 0 Å². The molecule has 5 N–H and O–H groups in total. The molecule has 0 aliphatic rings. The second-order valence-electron chi connectivity index (χ2n) is 6.52. The second kappa shape index (κ2) is 9.00. The predicted octanol–water partition coefficient (Wildman–Crippen LogP) is 0.308. The van der Waals surface area contributed by atoms with Gasteiger partial charge >= 0.3 is 23.9 Å². The van der Waals surface area contributed by atoms with Crippen molar-refractivity contribution in [2.45, 2.75) is 52.6 Å². The van der Waals surface area contributed by atoms with Gasteiger partial charge in [-0.3, -0.25) is 9.59 Å². The van der Waals surface area contributed by atoms with Crippen LogP contribution in [-0.4, -0.2) is 57.1 Å². The van der Waals surface area contributed by atoms with Gasteiger partial charge in [0.2, 0.25) is 0 Å². The van der Waals surface area contributed by atoms with Crippen molar-refractivity contribution in [3.05, 3.63) is 0 Å². The Balaban J connectivity index is 5.00. The van der Waals surface area contributed by atoms with Gasteiger partial charge in [-0.25, -0.2) is 14.4 Å². The third kappa shape index (κ3) is 7.64. The van der Waals surface area contributed by atoms with Gasteiger partial charge in [-0.15, -0.1) is 0 Å². The SMILES string of the molecule is CC(=O)C(C)(C)CC(NC(=O)NC(CC(C)C(=O)O)C(=O)O)C(=O)O. The lowest BCUT2D eigenvalue weighted by molar-refractivity contribution is -0.143. The number of carbonyl (C=O) groups is 5. The minimum Gasteiger partial charge on any atom is -0.481 e. The zero-order chi connectivity index (χ0) is 19.9. The number of Topliss-reactive ketones (excluding diaryl/α,β-unsaturated/α-hetero) is 1. The molecule has 25 heavy (non-hydrogen) atoms. The number of rotatable bonds is 10. The van der Waals surface area contributed by atoms with Crippen LogP contribution in [0.1, 0.15) is 40.5 Å². The highest BCUT2D eigenvalue weighted by atomic mass is 16.4. The number of amides is 2. The number of aliphatic carboxylic acids is 3. The summed E-state index contributed by atoms with van der Waals surface area (Å²) < 4.78 is 0. The van der Waals surface area contributed by atoms with Gasteiger partial charge in [0.1, 0.15) is 17.9 Å². The highest BCUT2D eigenvalue weighted by Crippen LogP contribution is 2.23. The lowest BCUT2D eigenvalue weighted by atomic mass is 9.82. The molecule has 3 unspecified atom stereocenters. The summed E-state index contributed by atoms with van der Waals surface area (Å²) in [4.78, 5) is 56.6. The van der Waals surface area contributed by atoms with E-state index in [0.29, 0.717) is 0 Å². The van der Waals surface area contributed by atoms with Gasteiger partial charge in [-0.05, 0) is 19.8 Å². The van der Waals surface area contributed by atoms with Crippen molar-refractivity contribution in [1.82, 2.24) is 10.6 Å². The van der Waals surface area contributed by atoms with Crippen LogP contribution in [0.3, 0.4) is 0 Å². The molecule has 0 radical (unpaired) electrons. The summed E-state index contributed by atoms with van der Waals surface area (Å²) in [7, 11) is 0. The summed E-state index contributed by atoms with van der Waals surface area (Å²) in [6, 6.07) is -3.98. The van der Waals surface area contributed by atoms with Gasteiger partial charge in [0.05, 0.1) is 5.92 Å². The van der Waals surface area contributed by atoms with Crippen molar-refractivity contribution in [2.75, 3.05) is 0 Å². The summed E-state index contributed by atoms with van der Waals surface area (Å²) in [6.45, 7) is 5.64. The maximum Gasteiger partial charge on any atom is 0.326 e. The van der Waals surface area contributed by atoms with Crippen molar-refractivity contribution in [1.29, 1.82) is 0 Å². The molecule has 0 aliphatic carbocycles. The van der Waals surface area contributed by atoms with Crippen LogP contribution >= 0.6 is 0 Å². The molecule has 10 nitrogen and oxygen atoms in total. The Labute approximate surface area is 144 Å². The first kappa shape index (κ1) is 22.4. The average Bonchev–Trinajstić information content (AvgIpc) is 2.44. The summed E-state index contributed by atoms with van der Waals surface area (Å²) in [5.74, 6) is -5.33. The summed E-state index contributed by atoms with van der Waals surface area (Å²) in [5.41, 5.74) is -1.000. The molecule has 0 saturated heterocycles. The van der Waals surface area contributed by atoms with Gasteiger partial charge in [0.25, 0.3) is 0 Å². The lowest BCUT2D eigenvalue weighted by Gasteiger charge is -2.26. The Bertz CT molecular complexity index is 558. The van der Waals surface area contributed by atoms with Crippen molar-refractivity contribution in [3.63, 3.8) is 0 Å². The Kier molecular flexibility index (Phi) is 8.04. The van der Waals surface area contributed by atoms with E-state index in [0.717, 1.165) is 0 Å². The molecule has 0 fully saturated rings. The number of nitrogens with one attached hydrogen (secondary N) is 2. The molecule has 0 saturated carbocycles. The first-order valence-electron chi connectivity index (χ1n) is 7.54. The van der Waals surface area contributed by atoms with Gasteiger partial charge in [0, 0.05) is 5.41 Å². The monoisotopic (exact) mass is 360 g/mol. The van der Waals surface area contributed by atoms with Crippen molar-refractivity contribution < 1.29 is 39.3 Å². The second-order valence-corrected chi connectivity index (χ2v) is 6.52. The van der Waals surface area contributed by atoms with E-state index < -0.39 is 47.4 Å². The fourth-order valence-electron chi connectivity index (χ4n) is 1.89. The smallest absolute Gasteiger partial charge is 0.326 e. The van der Waals surface area contributed by atoms with Gasteiger partial charge in [0.15, 0.2) is 0 Å². The third-order valence-corrected chi connectivity index (χ3v) is 3.89. The number of ketones is 1. The summed E-state index contributed by atoms with van der Waals surface area (Å²) >= 11 is 0. The van der Waals surface area contributed by atoms with E-state index >= 15 is 0 Å². The molecule has 0 aromatic heterocycles. The molecule has 0 aliphatic heterocycles. The Morgan fingerprint density at radius 3 is 1.68 bits per heavy atom. The molecule has 3 atom stereocenters. The van der Waals surface area contributed by atoms with Crippen molar-refractivity contribution in [3.8, 4) is 0 Å². The molecule has 0 rings (SSSR count). The molecular weight excluding hydrogens is 336 g/mol. The molecular formula is C15H24N2O8. The first-order valence-corrected chi connectivity index (χ1v) is 7.54. The van der Waals surface area contributed by atoms with Gasteiger partial charge in [-0.2, -0.15) is 0 Å². The van der Waals surface area contributed by atoms with E-state index in [1.807, 2.05) is 5.32 Å². The molecule has 10 heteroatoms. The normalized spacial score (nSPS) is 14.7. The molecule has 0 aromatic carbocycles. The molecule has 0 bridgehead atoms. The van der Waals surface area contributed by atoms with Crippen LogP contribution in [0, 0.1) is 11.3 Å². The number of carboxylic acids is 3. The first-order chi connectivity index (χ1) is 11.3. The Hall–Kier alpha value is -2.65. The largest absolute Gasteiger partial charge is 0.481 e. The average molecular weight is 360 g/mol. The number of hydrogen-bond donors (Lipinski definition) is 5. The maximum absolute atomic E-state index is 11.9. The zero-order valence-electron chi connectivity index (χ0n) is 14.5. The third-order valence-electron chi connectivity index (χ3n) is 3.89. The number of carboxylic acid groups (broad SMARTS) is 3. The topological polar surface area (TPSA) is 170 Å². The maximum atomic E-state index is 11.9. The van der Waals surface area contributed by atoms with E-state index in [9.17, 15) is 29.1 Å². The van der Waals surface area contributed by atoms with Crippen LogP contribution in [0.4, 0.5) is 4.79 Å². The standard InChI is InChI=1S/C15H24N2O8/c1-7(11(19)20)5-9(12(21)22)16-14(25)17-10(13(23)24)6-15(3,4)8(2)18/h7,9-10H,5-6H2,1-4H3,(H,19,20)(H,21,22)(H,23,24)(H2,16,17,25). The quantitative estimate of drug-likeness (QED) is 0.370. The minimum atomic E-state index is -1.50. The zero-order valence-corrected chi connectivity index (χ0v) is 14.5. The van der Waals surface area contributed by atoms with Crippen LogP contribution in [-0.2, 0) is 19.2 Å². The highest BCUT2D eigenvalue weighted by molar-refractivity contribution is 5.87.